The molecular weight excluding hydrogens is 581 g/mol. The second-order valence-electron chi connectivity index (χ2n) is 14.8. The Balaban J connectivity index is 1.26. The first-order valence-corrected chi connectivity index (χ1v) is 19.3. The van der Waals surface area contributed by atoms with E-state index in [0.717, 1.165) is 92.2 Å². The standard InChI is InChI=1S/C34H48N8O2Si/c1-33(2,3)45(5,6)44-23-34(4)22-37-31-26(19-35)17-25(18-27(31)34)28-9-11-36-32(39-28)40-29-20-38-42(12-10-24-7-8-24)30(29)21-41-13-15-43-16-14-41/h9,11,17-18,20,24,37H,7-8,10,12-16,21-23H2,1-6H3,(H,36,39,40)/t34-/m1/s1. The predicted octanol–water partition coefficient (Wildman–Crippen LogP) is 6.29. The second kappa shape index (κ2) is 12.5. The Morgan fingerprint density at radius 3 is 2.71 bits per heavy atom. The quantitative estimate of drug-likeness (QED) is 0.237. The molecule has 4 heterocycles. The summed E-state index contributed by atoms with van der Waals surface area (Å²) in [7, 11) is -1.95. The Hall–Kier alpha value is -3.30. The summed E-state index contributed by atoms with van der Waals surface area (Å²) < 4.78 is 14.4. The van der Waals surface area contributed by atoms with Gasteiger partial charge >= 0.3 is 0 Å². The molecule has 0 bridgehead atoms. The highest BCUT2D eigenvalue weighted by Crippen LogP contribution is 2.44. The van der Waals surface area contributed by atoms with Crippen LogP contribution in [-0.2, 0) is 27.7 Å². The Kier molecular flexibility index (Phi) is 8.78. The van der Waals surface area contributed by atoms with Crippen molar-refractivity contribution in [3.63, 3.8) is 0 Å². The van der Waals surface area contributed by atoms with E-state index in [2.05, 4.69) is 78.1 Å². The molecule has 10 nitrogen and oxygen atoms in total. The lowest BCUT2D eigenvalue weighted by Crippen LogP contribution is -2.45. The lowest BCUT2D eigenvalue weighted by Gasteiger charge is -2.39. The number of nitriles is 1. The Labute approximate surface area is 268 Å². The van der Waals surface area contributed by atoms with Crippen molar-refractivity contribution in [1.82, 2.24) is 24.6 Å². The van der Waals surface area contributed by atoms with Crippen molar-refractivity contribution in [3.8, 4) is 17.3 Å². The highest BCUT2D eigenvalue weighted by Gasteiger charge is 2.42. The molecule has 0 spiro atoms. The highest BCUT2D eigenvalue weighted by atomic mass is 28.4. The fourth-order valence-corrected chi connectivity index (χ4v) is 6.98. The lowest BCUT2D eigenvalue weighted by atomic mass is 9.83. The fourth-order valence-electron chi connectivity index (χ4n) is 5.87. The van der Waals surface area contributed by atoms with Crippen LogP contribution >= 0.6 is 0 Å². The van der Waals surface area contributed by atoms with E-state index in [9.17, 15) is 5.26 Å². The van der Waals surface area contributed by atoms with Crippen LogP contribution in [-0.4, -0.2) is 72.4 Å². The first kappa shape index (κ1) is 31.7. The smallest absolute Gasteiger partial charge is 0.227 e. The number of benzene rings is 1. The van der Waals surface area contributed by atoms with Gasteiger partial charge in [0, 0.05) is 56.5 Å². The fraction of sp³-hybridized carbons (Fsp3) is 0.588. The van der Waals surface area contributed by atoms with E-state index in [4.69, 9.17) is 19.2 Å². The van der Waals surface area contributed by atoms with Gasteiger partial charge in [0.1, 0.15) is 6.07 Å². The predicted molar refractivity (Wildman–Crippen MR) is 180 cm³/mol. The number of morpholine rings is 1. The minimum Gasteiger partial charge on any atom is -0.416 e. The van der Waals surface area contributed by atoms with E-state index in [0.29, 0.717) is 18.1 Å². The summed E-state index contributed by atoms with van der Waals surface area (Å²) in [5.41, 5.74) is 6.11. The highest BCUT2D eigenvalue weighted by molar-refractivity contribution is 6.74. The van der Waals surface area contributed by atoms with Crippen LogP contribution in [0.2, 0.25) is 18.1 Å². The topological polar surface area (TPSA) is 113 Å². The number of rotatable bonds is 11. The molecule has 0 radical (unpaired) electrons. The molecule has 3 aliphatic rings. The molecule has 1 saturated heterocycles. The average molecular weight is 629 g/mol. The number of nitrogens with zero attached hydrogens (tertiary/aromatic N) is 6. The zero-order valence-corrected chi connectivity index (χ0v) is 28.7. The van der Waals surface area contributed by atoms with Gasteiger partial charge in [-0.25, -0.2) is 9.97 Å². The van der Waals surface area contributed by atoms with Crippen molar-refractivity contribution in [1.29, 1.82) is 5.26 Å². The molecule has 0 unspecified atom stereocenters. The van der Waals surface area contributed by atoms with Crippen molar-refractivity contribution in [2.45, 2.75) is 83.6 Å². The average Bonchev–Trinajstić information content (AvgIpc) is 3.70. The summed E-state index contributed by atoms with van der Waals surface area (Å²) >= 11 is 0. The zero-order chi connectivity index (χ0) is 31.8. The third kappa shape index (κ3) is 6.94. The number of hydrogen-bond acceptors (Lipinski definition) is 9. The maximum atomic E-state index is 10.1. The third-order valence-electron chi connectivity index (χ3n) is 10.2. The molecule has 45 heavy (non-hydrogen) atoms. The molecule has 2 N–H and O–H groups in total. The normalized spacial score (nSPS) is 20.5. The SMILES string of the molecule is CC(C)(C)[Si](C)(C)OC[C@@]1(C)CNc2c(C#N)cc(-c3ccnc(Nc4cnn(CCC5CC5)c4CN4CCOCC4)n3)cc21. The van der Waals surface area contributed by atoms with E-state index in [1.807, 2.05) is 18.3 Å². The van der Waals surface area contributed by atoms with Crippen LogP contribution in [0.3, 0.4) is 0 Å². The Morgan fingerprint density at radius 2 is 2.00 bits per heavy atom. The van der Waals surface area contributed by atoms with Gasteiger partial charge in [-0.1, -0.05) is 40.5 Å². The minimum absolute atomic E-state index is 0.123. The van der Waals surface area contributed by atoms with Crippen LogP contribution in [0, 0.1) is 17.2 Å². The maximum absolute atomic E-state index is 10.1. The van der Waals surface area contributed by atoms with Gasteiger partial charge in [-0.2, -0.15) is 10.4 Å². The molecule has 1 saturated carbocycles. The van der Waals surface area contributed by atoms with Crippen LogP contribution in [0.25, 0.3) is 11.3 Å². The summed E-state index contributed by atoms with van der Waals surface area (Å²) in [6.07, 6.45) is 7.52. The number of aromatic nitrogens is 4. The molecule has 2 aliphatic heterocycles. The summed E-state index contributed by atoms with van der Waals surface area (Å²) in [5, 5.41) is 22.0. The molecular formula is C34H48N8O2Si. The summed E-state index contributed by atoms with van der Waals surface area (Å²) in [6, 6.07) is 8.44. The van der Waals surface area contributed by atoms with Gasteiger partial charge in [0.05, 0.1) is 47.7 Å². The molecule has 1 aliphatic carbocycles. The van der Waals surface area contributed by atoms with Gasteiger partial charge in [0.25, 0.3) is 0 Å². The van der Waals surface area contributed by atoms with Gasteiger partial charge in [-0.3, -0.25) is 9.58 Å². The number of hydrogen-bond donors (Lipinski definition) is 2. The number of nitrogens with one attached hydrogen (secondary N) is 2. The second-order valence-corrected chi connectivity index (χ2v) is 19.6. The molecule has 2 aromatic heterocycles. The van der Waals surface area contributed by atoms with Gasteiger partial charge < -0.3 is 19.8 Å². The number of ether oxygens (including phenoxy) is 1. The summed E-state index contributed by atoms with van der Waals surface area (Å²) in [6.45, 7) is 20.0. The molecule has 11 heteroatoms. The molecule has 1 aromatic carbocycles. The van der Waals surface area contributed by atoms with E-state index in [-0.39, 0.29) is 10.5 Å². The monoisotopic (exact) mass is 628 g/mol. The zero-order valence-electron chi connectivity index (χ0n) is 27.7. The maximum Gasteiger partial charge on any atom is 0.227 e. The van der Waals surface area contributed by atoms with Crippen LogP contribution in [0.5, 0.6) is 0 Å². The molecule has 240 valence electrons. The van der Waals surface area contributed by atoms with Gasteiger partial charge in [-0.15, -0.1) is 0 Å². The summed E-state index contributed by atoms with van der Waals surface area (Å²) in [5.74, 6) is 1.35. The third-order valence-corrected chi connectivity index (χ3v) is 14.7. The largest absolute Gasteiger partial charge is 0.416 e. The molecule has 1 atom stereocenters. The first-order chi connectivity index (χ1) is 21.5. The Bertz CT molecular complexity index is 1570. The van der Waals surface area contributed by atoms with Crippen molar-refractivity contribution in [3.05, 3.63) is 47.4 Å². The van der Waals surface area contributed by atoms with Gasteiger partial charge in [0.2, 0.25) is 5.95 Å². The van der Waals surface area contributed by atoms with Crippen molar-refractivity contribution < 1.29 is 9.16 Å². The van der Waals surface area contributed by atoms with E-state index < -0.39 is 8.32 Å². The van der Waals surface area contributed by atoms with Crippen LogP contribution in [0.15, 0.2) is 30.6 Å². The molecule has 3 aromatic rings. The molecule has 6 rings (SSSR count). The van der Waals surface area contributed by atoms with Crippen molar-refractivity contribution in [2.75, 3.05) is 50.1 Å². The van der Waals surface area contributed by atoms with Gasteiger partial charge in [-0.05, 0) is 54.2 Å². The van der Waals surface area contributed by atoms with Gasteiger partial charge in [0.15, 0.2) is 8.32 Å². The minimum atomic E-state index is -1.95. The lowest BCUT2D eigenvalue weighted by molar-refractivity contribution is 0.0331. The van der Waals surface area contributed by atoms with E-state index >= 15 is 0 Å². The number of anilines is 3. The van der Waals surface area contributed by atoms with Crippen LogP contribution < -0.4 is 10.6 Å². The van der Waals surface area contributed by atoms with Crippen molar-refractivity contribution >= 4 is 25.6 Å². The van der Waals surface area contributed by atoms with Crippen LogP contribution in [0.4, 0.5) is 17.3 Å². The number of fused-ring (bicyclic) bond motifs is 1. The molecule has 0 amide bonds. The summed E-state index contributed by atoms with van der Waals surface area (Å²) in [4.78, 5) is 11.9. The Morgan fingerprint density at radius 1 is 1.22 bits per heavy atom. The van der Waals surface area contributed by atoms with Crippen LogP contribution in [0.1, 0.15) is 63.8 Å². The molecule has 2 fully saturated rings. The van der Waals surface area contributed by atoms with E-state index in [1.165, 1.54) is 12.8 Å². The number of aryl methyl sites for hydroxylation is 1. The van der Waals surface area contributed by atoms with E-state index in [1.54, 1.807) is 6.20 Å². The first-order valence-electron chi connectivity index (χ1n) is 16.4. The van der Waals surface area contributed by atoms with Crippen molar-refractivity contribution in [2.24, 2.45) is 5.92 Å².